The van der Waals surface area contributed by atoms with E-state index < -0.39 is 0 Å². The Labute approximate surface area is 181 Å². The van der Waals surface area contributed by atoms with Crippen molar-refractivity contribution in [2.75, 3.05) is 46.9 Å². The van der Waals surface area contributed by atoms with Crippen LogP contribution in [0, 0.1) is 0 Å². The predicted octanol–water partition coefficient (Wildman–Crippen LogP) is 2.92. The number of nitrogens with zero attached hydrogens (tertiary/aromatic N) is 2. The van der Waals surface area contributed by atoms with Gasteiger partial charge in [0.2, 0.25) is 0 Å². The summed E-state index contributed by atoms with van der Waals surface area (Å²) in [6.07, 6.45) is 3.07. The van der Waals surface area contributed by atoms with Crippen LogP contribution in [0.5, 0.6) is 0 Å². The Morgan fingerprint density at radius 2 is 1.96 bits per heavy atom. The highest BCUT2D eigenvalue weighted by molar-refractivity contribution is 14.0. The molecule has 0 saturated heterocycles. The largest absolute Gasteiger partial charge is 0.380 e. The van der Waals surface area contributed by atoms with Crippen molar-refractivity contribution in [2.24, 2.45) is 4.99 Å². The zero-order chi connectivity index (χ0) is 19.2. The number of amides is 1. The first-order valence-electron chi connectivity index (χ1n) is 9.49. The highest BCUT2D eigenvalue weighted by atomic mass is 127. The zero-order valence-electron chi connectivity index (χ0n) is 17.1. The minimum Gasteiger partial charge on any atom is -0.380 e. The first-order chi connectivity index (χ1) is 12.6. The molecule has 7 heteroatoms. The molecule has 6 nitrogen and oxygen atoms in total. The van der Waals surface area contributed by atoms with Gasteiger partial charge in [0.1, 0.15) is 0 Å². The van der Waals surface area contributed by atoms with E-state index in [0.717, 1.165) is 56.0 Å². The fraction of sp³-hybridized carbons (Fsp3) is 0.600. The molecule has 0 fully saturated rings. The van der Waals surface area contributed by atoms with E-state index in [9.17, 15) is 4.79 Å². The summed E-state index contributed by atoms with van der Waals surface area (Å²) in [6, 6.07) is 7.78. The van der Waals surface area contributed by atoms with Crippen LogP contribution in [0.4, 0.5) is 0 Å². The summed E-state index contributed by atoms with van der Waals surface area (Å²) >= 11 is 0. The quantitative estimate of drug-likeness (QED) is 0.217. The molecule has 1 aromatic rings. The Kier molecular flexibility index (Phi) is 14.9. The van der Waals surface area contributed by atoms with Crippen LogP contribution in [0.3, 0.4) is 0 Å². The summed E-state index contributed by atoms with van der Waals surface area (Å²) in [5, 5.41) is 6.57. The number of hydrogen-bond donors (Lipinski definition) is 2. The number of guanidine groups is 1. The fourth-order valence-electron chi connectivity index (χ4n) is 2.36. The summed E-state index contributed by atoms with van der Waals surface area (Å²) in [5.41, 5.74) is 1.85. The maximum Gasteiger partial charge on any atom is 0.253 e. The van der Waals surface area contributed by atoms with E-state index in [0.29, 0.717) is 13.2 Å². The number of unbranched alkanes of at least 4 members (excludes halogenated alkanes) is 1. The molecular weight excluding hydrogens is 455 g/mol. The normalized spacial score (nSPS) is 10.9. The van der Waals surface area contributed by atoms with Crippen LogP contribution in [-0.4, -0.2) is 63.7 Å². The van der Waals surface area contributed by atoms with Crippen LogP contribution in [-0.2, 0) is 11.2 Å². The topological polar surface area (TPSA) is 66.0 Å². The standard InChI is InChI=1S/C20H34N4O2.HI/c1-5-7-14-26-15-13-23-20(21-6-2)22-12-11-17-9-8-10-18(16-17)19(25)24(3)4;/h8-10,16H,5-7,11-15H2,1-4H3,(H2,21,22,23);1H. The van der Waals surface area contributed by atoms with Gasteiger partial charge in [-0.05, 0) is 37.5 Å². The molecule has 27 heavy (non-hydrogen) atoms. The number of nitrogens with one attached hydrogen (secondary N) is 2. The first kappa shape index (κ1) is 25.6. The number of benzene rings is 1. The first-order valence-corrected chi connectivity index (χ1v) is 9.49. The number of rotatable bonds is 11. The molecule has 1 rings (SSSR count). The Bertz CT molecular complexity index is 565. The lowest BCUT2D eigenvalue weighted by molar-refractivity contribution is 0.0827. The van der Waals surface area contributed by atoms with Gasteiger partial charge >= 0.3 is 0 Å². The van der Waals surface area contributed by atoms with Gasteiger partial charge in [0.15, 0.2) is 5.96 Å². The maximum atomic E-state index is 12.0. The average Bonchev–Trinajstić information content (AvgIpc) is 2.64. The van der Waals surface area contributed by atoms with Gasteiger partial charge in [-0.15, -0.1) is 24.0 Å². The molecule has 0 saturated carbocycles. The molecule has 0 heterocycles. The van der Waals surface area contributed by atoms with E-state index in [4.69, 9.17) is 4.74 Å². The molecule has 2 N–H and O–H groups in total. The highest BCUT2D eigenvalue weighted by Gasteiger charge is 2.08. The van der Waals surface area contributed by atoms with Crippen LogP contribution in [0.1, 0.15) is 42.6 Å². The molecule has 0 bridgehead atoms. The summed E-state index contributed by atoms with van der Waals surface area (Å²) in [5.74, 6) is 0.824. The van der Waals surface area contributed by atoms with Gasteiger partial charge < -0.3 is 20.3 Å². The van der Waals surface area contributed by atoms with Crippen LogP contribution in [0.25, 0.3) is 0 Å². The molecule has 154 valence electrons. The molecule has 0 aliphatic carbocycles. The van der Waals surface area contributed by atoms with Crippen molar-refractivity contribution in [1.82, 2.24) is 15.5 Å². The van der Waals surface area contributed by atoms with Crippen molar-refractivity contribution < 1.29 is 9.53 Å². The Morgan fingerprint density at radius 3 is 2.63 bits per heavy atom. The van der Waals surface area contributed by atoms with Gasteiger partial charge in [-0.3, -0.25) is 9.79 Å². The molecule has 0 spiro atoms. The van der Waals surface area contributed by atoms with Gasteiger partial charge in [0.25, 0.3) is 5.91 Å². The molecule has 1 aromatic carbocycles. The summed E-state index contributed by atoms with van der Waals surface area (Å²) in [7, 11) is 3.53. The van der Waals surface area contributed by atoms with Gasteiger partial charge in [0, 0.05) is 39.4 Å². The molecule has 0 unspecified atom stereocenters. The zero-order valence-corrected chi connectivity index (χ0v) is 19.4. The second kappa shape index (κ2) is 15.7. The van der Waals surface area contributed by atoms with Crippen molar-refractivity contribution in [3.63, 3.8) is 0 Å². The fourth-order valence-corrected chi connectivity index (χ4v) is 2.36. The second-order valence-corrected chi connectivity index (χ2v) is 6.30. The molecule has 0 aromatic heterocycles. The third kappa shape index (κ3) is 11.2. The molecule has 1 amide bonds. The lowest BCUT2D eigenvalue weighted by Gasteiger charge is -2.13. The van der Waals surface area contributed by atoms with Crippen molar-refractivity contribution in [3.05, 3.63) is 35.4 Å². The average molecular weight is 490 g/mol. The van der Waals surface area contributed by atoms with Gasteiger partial charge in [-0.2, -0.15) is 0 Å². The smallest absolute Gasteiger partial charge is 0.253 e. The van der Waals surface area contributed by atoms with Gasteiger partial charge in [-0.25, -0.2) is 0 Å². The lowest BCUT2D eigenvalue weighted by atomic mass is 10.1. The van der Waals surface area contributed by atoms with E-state index in [1.54, 1.807) is 19.0 Å². The van der Waals surface area contributed by atoms with E-state index in [2.05, 4.69) is 22.5 Å². The predicted molar refractivity (Wildman–Crippen MR) is 123 cm³/mol. The maximum absolute atomic E-state index is 12.0. The van der Waals surface area contributed by atoms with E-state index >= 15 is 0 Å². The van der Waals surface area contributed by atoms with Crippen LogP contribution < -0.4 is 10.6 Å². The van der Waals surface area contributed by atoms with E-state index in [1.165, 1.54) is 0 Å². The van der Waals surface area contributed by atoms with E-state index in [-0.39, 0.29) is 29.9 Å². The van der Waals surface area contributed by atoms with Gasteiger partial charge in [0.05, 0.1) is 13.2 Å². The molecular formula is C20H35IN4O2. The summed E-state index contributed by atoms with van der Waals surface area (Å²) in [6.45, 7) is 7.86. The van der Waals surface area contributed by atoms with Crippen LogP contribution in [0.2, 0.25) is 0 Å². The van der Waals surface area contributed by atoms with Gasteiger partial charge in [-0.1, -0.05) is 25.5 Å². The molecule has 0 radical (unpaired) electrons. The minimum absolute atomic E-state index is 0. The number of aliphatic imine (C=N–C) groups is 1. The number of hydrogen-bond acceptors (Lipinski definition) is 3. The third-order valence-electron chi connectivity index (χ3n) is 3.78. The number of ether oxygens (including phenoxy) is 1. The molecule has 0 aliphatic heterocycles. The van der Waals surface area contributed by atoms with Crippen molar-refractivity contribution in [3.8, 4) is 0 Å². The SMILES string of the molecule is CCCCOCCN=C(NCC)NCCc1cccc(C(=O)N(C)C)c1.I. The van der Waals surface area contributed by atoms with Crippen molar-refractivity contribution >= 4 is 35.8 Å². The Morgan fingerprint density at radius 1 is 1.19 bits per heavy atom. The van der Waals surface area contributed by atoms with Crippen molar-refractivity contribution in [1.29, 1.82) is 0 Å². The van der Waals surface area contributed by atoms with Crippen LogP contribution >= 0.6 is 24.0 Å². The molecule has 0 atom stereocenters. The second-order valence-electron chi connectivity index (χ2n) is 6.30. The monoisotopic (exact) mass is 490 g/mol. The minimum atomic E-state index is 0. The van der Waals surface area contributed by atoms with Crippen LogP contribution in [0.15, 0.2) is 29.3 Å². The lowest BCUT2D eigenvalue weighted by Crippen LogP contribution is -2.38. The molecule has 0 aliphatic rings. The Balaban J connectivity index is 0.00000676. The summed E-state index contributed by atoms with van der Waals surface area (Å²) in [4.78, 5) is 18.2. The summed E-state index contributed by atoms with van der Waals surface area (Å²) < 4.78 is 5.53. The highest BCUT2D eigenvalue weighted by Crippen LogP contribution is 2.07. The third-order valence-corrected chi connectivity index (χ3v) is 3.78. The number of carbonyl (C=O) groups is 1. The van der Waals surface area contributed by atoms with Crippen molar-refractivity contribution in [2.45, 2.75) is 33.1 Å². The number of carbonyl (C=O) groups excluding carboxylic acids is 1. The van der Waals surface area contributed by atoms with E-state index in [1.807, 2.05) is 31.2 Å². The Hall–Kier alpha value is -1.35. The number of halogens is 1.